The molecule has 1 heterocycles. The van der Waals surface area contributed by atoms with Gasteiger partial charge in [-0.2, -0.15) is 22.7 Å². The van der Waals surface area contributed by atoms with E-state index in [1.165, 1.54) is 93.7 Å². The van der Waals surface area contributed by atoms with Crippen LogP contribution in [0.3, 0.4) is 0 Å². The van der Waals surface area contributed by atoms with Gasteiger partial charge in [0.25, 0.3) is 0 Å². The predicted molar refractivity (Wildman–Crippen MR) is 216 cm³/mol. The molecule has 4 aromatic carbocycles. The molecule has 4 nitrogen and oxygen atoms in total. The van der Waals surface area contributed by atoms with Crippen LogP contribution < -0.4 is 26.8 Å². The van der Waals surface area contributed by atoms with Crippen molar-refractivity contribution in [3.63, 3.8) is 0 Å². The maximum atomic E-state index is 12.2. The summed E-state index contributed by atoms with van der Waals surface area (Å²) >= 11 is 0. The Balaban J connectivity index is 0.000000227. The number of hydrogen-bond acceptors (Lipinski definition) is 3. The number of rotatable bonds is 18. The van der Waals surface area contributed by atoms with Crippen LogP contribution in [0.5, 0.6) is 5.75 Å². The fraction of sp³-hybridized carbons (Fsp3) is 0.400. The second-order valence-electron chi connectivity index (χ2n) is 14.1. The summed E-state index contributed by atoms with van der Waals surface area (Å²) in [7, 11) is 1.63. The van der Waals surface area contributed by atoms with Crippen molar-refractivity contribution in [1.82, 2.24) is 0 Å². The van der Waals surface area contributed by atoms with E-state index in [0.29, 0.717) is 11.3 Å². The van der Waals surface area contributed by atoms with Crippen molar-refractivity contribution in [2.24, 2.45) is 0 Å². The normalized spacial score (nSPS) is 11.6. The van der Waals surface area contributed by atoms with Crippen LogP contribution >= 0.6 is 0 Å². The molecule has 5 heteroatoms. The molecule has 5 aromatic rings. The lowest BCUT2D eigenvalue weighted by molar-refractivity contribution is -0.941. The number of benzene rings is 4. The van der Waals surface area contributed by atoms with E-state index < -0.39 is 6.15 Å². The van der Waals surface area contributed by atoms with Crippen LogP contribution in [0, 0.1) is 0 Å². The number of hydrogen-bond donors (Lipinski definition) is 0. The molecule has 1 aromatic heterocycles. The van der Waals surface area contributed by atoms with Crippen LogP contribution in [0.2, 0.25) is 6.32 Å². The highest BCUT2D eigenvalue weighted by Gasteiger charge is 2.29. The lowest BCUT2D eigenvalue weighted by atomic mass is 9.14. The van der Waals surface area contributed by atoms with Crippen LogP contribution in [-0.2, 0) is 6.54 Å². The molecular formula is C45H60BNO3. The molecule has 0 saturated carbocycles. The number of ether oxygens (including phenoxy) is 1. The molecule has 0 saturated heterocycles. The van der Waals surface area contributed by atoms with Gasteiger partial charge < -0.3 is 13.6 Å². The van der Waals surface area contributed by atoms with E-state index in [9.17, 15) is 4.79 Å². The molecule has 0 N–H and O–H groups in total. The molecule has 0 aliphatic rings. The minimum absolute atomic E-state index is 0.273. The Labute approximate surface area is 302 Å². The number of unbranched alkanes of at least 4 members (excludes halogenated alkanes) is 4. The molecule has 0 atom stereocenters. The molecule has 0 bridgehead atoms. The Morgan fingerprint density at radius 3 is 1.48 bits per heavy atom. The van der Waals surface area contributed by atoms with E-state index in [0.717, 1.165) is 22.0 Å². The van der Waals surface area contributed by atoms with Crippen molar-refractivity contribution in [3.8, 4) is 5.75 Å². The van der Waals surface area contributed by atoms with E-state index in [1.54, 1.807) is 13.2 Å². The van der Waals surface area contributed by atoms with E-state index >= 15 is 0 Å². The summed E-state index contributed by atoms with van der Waals surface area (Å²) in [6.45, 7) is 13.5. The highest BCUT2D eigenvalue weighted by Crippen LogP contribution is 2.27. The molecule has 0 aliphatic carbocycles. The van der Waals surface area contributed by atoms with Crippen LogP contribution in [0.1, 0.15) is 84.6 Å². The summed E-state index contributed by atoms with van der Waals surface area (Å²) in [5.74, 6) is 0.714. The Bertz CT molecular complexity index is 1620. The summed E-state index contributed by atoms with van der Waals surface area (Å²) in [6.07, 6.45) is 10.0. The molecule has 0 amide bonds. The number of methoxy groups -OCH3 is 1. The molecule has 0 fully saturated rings. The first kappa shape index (κ1) is 38.7. The molecule has 50 heavy (non-hydrogen) atoms. The molecule has 266 valence electrons. The van der Waals surface area contributed by atoms with Gasteiger partial charge in [-0.15, -0.1) is 0 Å². The zero-order valence-corrected chi connectivity index (χ0v) is 31.4. The largest absolute Gasteiger partial charge is 0.497 e. The topological polar surface area (TPSA) is 39.4 Å². The van der Waals surface area contributed by atoms with Crippen molar-refractivity contribution in [2.75, 3.05) is 26.7 Å². The Morgan fingerprint density at radius 2 is 1.06 bits per heavy atom. The Morgan fingerprint density at radius 1 is 0.600 bits per heavy atom. The van der Waals surface area contributed by atoms with Gasteiger partial charge in [0, 0.05) is 23.1 Å². The van der Waals surface area contributed by atoms with Crippen molar-refractivity contribution >= 4 is 33.5 Å². The first-order valence-electron chi connectivity index (χ1n) is 19.2. The van der Waals surface area contributed by atoms with Gasteiger partial charge in [-0.05, 0) is 31.4 Å². The quantitative estimate of drug-likeness (QED) is 0.0529. The fourth-order valence-corrected chi connectivity index (χ4v) is 7.81. The smallest absolute Gasteiger partial charge is 0.336 e. The second-order valence-corrected chi connectivity index (χ2v) is 14.1. The Hall–Kier alpha value is -4.09. The molecule has 0 aliphatic heterocycles. The van der Waals surface area contributed by atoms with E-state index in [-0.39, 0.29) is 5.63 Å². The number of fused-ring (bicyclic) bond motifs is 1. The first-order chi connectivity index (χ1) is 24.4. The summed E-state index contributed by atoms with van der Waals surface area (Å²) in [5, 5.41) is 1.03. The zero-order chi connectivity index (χ0) is 35.7. The van der Waals surface area contributed by atoms with Gasteiger partial charge >= 0.3 is 5.63 Å². The highest BCUT2D eigenvalue weighted by molar-refractivity contribution is 7.11. The van der Waals surface area contributed by atoms with Crippen molar-refractivity contribution in [3.05, 3.63) is 131 Å². The number of nitrogens with zero attached hydrogens (tertiary/aromatic N) is 1. The predicted octanol–water partition coefficient (Wildman–Crippen LogP) is 9.48. The van der Waals surface area contributed by atoms with Crippen molar-refractivity contribution in [1.29, 1.82) is 0 Å². The third kappa shape index (κ3) is 10.0. The average Bonchev–Trinajstić information content (AvgIpc) is 3.17. The summed E-state index contributed by atoms with van der Waals surface area (Å²) in [4.78, 5) is 12.2. The minimum atomic E-state index is -0.913. The van der Waals surface area contributed by atoms with E-state index in [4.69, 9.17) is 9.15 Å². The molecule has 0 spiro atoms. The van der Waals surface area contributed by atoms with Gasteiger partial charge in [0.1, 0.15) is 17.9 Å². The van der Waals surface area contributed by atoms with Gasteiger partial charge in [-0.1, -0.05) is 151 Å². The van der Waals surface area contributed by atoms with Crippen LogP contribution in [0.4, 0.5) is 0 Å². The molecule has 5 rings (SSSR count). The summed E-state index contributed by atoms with van der Waals surface area (Å²) in [6, 6.07) is 40.7. The van der Waals surface area contributed by atoms with Gasteiger partial charge in [-0.25, -0.2) is 4.79 Å². The SMILES string of the molecule is CCCC[B-](c1ccccc1)(c1ccccc1)c1ccccc1.CCCC[N+](CCCC)(CCCC)Cc1cc(=O)oc2cc(OC)ccc12. The molecule has 0 radical (unpaired) electrons. The minimum Gasteiger partial charge on any atom is -0.497 e. The van der Waals surface area contributed by atoms with Gasteiger partial charge in [0.2, 0.25) is 0 Å². The van der Waals surface area contributed by atoms with Crippen molar-refractivity contribution < 1.29 is 13.6 Å². The van der Waals surface area contributed by atoms with Gasteiger partial charge in [-0.3, -0.25) is 0 Å². The monoisotopic (exact) mass is 673 g/mol. The average molecular weight is 674 g/mol. The molecular weight excluding hydrogens is 613 g/mol. The third-order valence-corrected chi connectivity index (χ3v) is 10.6. The second kappa shape index (κ2) is 19.9. The maximum absolute atomic E-state index is 12.2. The number of quaternary nitrogens is 1. The summed E-state index contributed by atoms with van der Waals surface area (Å²) in [5.41, 5.74) is 5.78. The van der Waals surface area contributed by atoms with Gasteiger partial charge in [0.15, 0.2) is 0 Å². The Kier molecular flexibility index (Phi) is 15.4. The van der Waals surface area contributed by atoms with Crippen molar-refractivity contribution in [2.45, 2.75) is 91.9 Å². The lowest BCUT2D eigenvalue weighted by Crippen LogP contribution is -2.66. The van der Waals surface area contributed by atoms with Crippen LogP contribution in [-0.4, -0.2) is 37.4 Å². The van der Waals surface area contributed by atoms with Crippen LogP contribution in [0.25, 0.3) is 11.0 Å². The lowest BCUT2D eigenvalue weighted by Gasteiger charge is -2.43. The zero-order valence-electron chi connectivity index (χ0n) is 31.4. The third-order valence-electron chi connectivity index (χ3n) is 10.6. The van der Waals surface area contributed by atoms with E-state index in [2.05, 4.69) is 119 Å². The molecule has 0 unspecified atom stereocenters. The van der Waals surface area contributed by atoms with Crippen LogP contribution in [0.15, 0.2) is 124 Å². The highest BCUT2D eigenvalue weighted by atomic mass is 16.5. The maximum Gasteiger partial charge on any atom is 0.336 e. The summed E-state index contributed by atoms with van der Waals surface area (Å²) < 4.78 is 11.8. The first-order valence-corrected chi connectivity index (χ1v) is 19.2. The fourth-order valence-electron chi connectivity index (χ4n) is 7.81. The van der Waals surface area contributed by atoms with Gasteiger partial charge in [0.05, 0.1) is 32.9 Å². The van der Waals surface area contributed by atoms with E-state index in [1.807, 2.05) is 18.2 Å². The standard InChI is InChI=1S/C23H36NO3.C22H24B/c1-5-8-13-24(14-9-6-2,15-10-7-3)18-19-16-23(25)27-22-17-20(26-4)11-12-21(19)22;1-2-3-19-23(20-13-7-4-8-14-20,21-15-9-5-10-16-21)22-17-11-6-12-18-22/h11-12,16-17H,5-10,13-15,18H2,1-4H3;4-18H,2-3,19H2,1H3/q+1;-1.